The Morgan fingerprint density at radius 1 is 1.53 bits per heavy atom. The first-order valence-electron chi connectivity index (χ1n) is 4.45. The van der Waals surface area contributed by atoms with Gasteiger partial charge in [0.05, 0.1) is 6.34 Å². The van der Waals surface area contributed by atoms with E-state index in [1.807, 2.05) is 13.0 Å². The highest BCUT2D eigenvalue weighted by Gasteiger charge is 2.01. The molecule has 3 N–H and O–H groups in total. The molecular weight excluding hydrogens is 192 g/mol. The fourth-order valence-electron chi connectivity index (χ4n) is 1.38. The molecule has 15 heavy (non-hydrogen) atoms. The first-order chi connectivity index (χ1) is 7.20. The van der Waals surface area contributed by atoms with E-state index in [2.05, 4.69) is 15.0 Å². The number of hydrogen-bond donors (Lipinski definition) is 2. The predicted molar refractivity (Wildman–Crippen MR) is 59.4 cm³/mol. The third-order valence-corrected chi connectivity index (χ3v) is 2.07. The number of hydrogen-bond acceptors (Lipinski definition) is 3. The third-order valence-electron chi connectivity index (χ3n) is 2.07. The van der Waals surface area contributed by atoms with E-state index >= 15 is 0 Å². The van der Waals surface area contributed by atoms with Gasteiger partial charge in [0.2, 0.25) is 5.56 Å². The zero-order valence-electron chi connectivity index (χ0n) is 8.19. The van der Waals surface area contributed by atoms with Gasteiger partial charge in [0.25, 0.3) is 0 Å². The van der Waals surface area contributed by atoms with E-state index in [0.29, 0.717) is 11.5 Å². The maximum absolute atomic E-state index is 11.1. The van der Waals surface area contributed by atoms with Crippen LogP contribution in [0, 0.1) is 6.92 Å². The lowest BCUT2D eigenvalue weighted by Crippen LogP contribution is -2.03. The maximum Gasteiger partial charge on any atom is 0.249 e. The fourth-order valence-corrected chi connectivity index (χ4v) is 1.38. The molecular formula is C10H10N4O. The van der Waals surface area contributed by atoms with E-state index in [1.165, 1.54) is 12.4 Å². The molecule has 0 amide bonds. The van der Waals surface area contributed by atoms with Gasteiger partial charge in [-0.3, -0.25) is 4.79 Å². The Kier molecular flexibility index (Phi) is 2.21. The van der Waals surface area contributed by atoms with Crippen LogP contribution in [0.3, 0.4) is 0 Å². The predicted octanol–water partition coefficient (Wildman–Crippen LogP) is 0.850. The van der Waals surface area contributed by atoms with Gasteiger partial charge in [-0.25, -0.2) is 9.98 Å². The second kappa shape index (κ2) is 3.53. The van der Waals surface area contributed by atoms with E-state index < -0.39 is 0 Å². The number of nitrogens with one attached hydrogen (secondary N) is 1. The highest BCUT2D eigenvalue weighted by Crippen LogP contribution is 2.19. The van der Waals surface area contributed by atoms with Gasteiger partial charge in [0.15, 0.2) is 5.82 Å². The van der Waals surface area contributed by atoms with Crippen molar-refractivity contribution in [3.05, 3.63) is 34.1 Å². The summed E-state index contributed by atoms with van der Waals surface area (Å²) in [6.07, 6.45) is 1.18. The van der Waals surface area contributed by atoms with E-state index in [1.54, 1.807) is 6.07 Å². The summed E-state index contributed by atoms with van der Waals surface area (Å²) in [5, 5.41) is 0.878. The van der Waals surface area contributed by atoms with Crippen LogP contribution >= 0.6 is 0 Å². The lowest BCUT2D eigenvalue weighted by atomic mass is 10.2. The van der Waals surface area contributed by atoms with E-state index in [4.69, 9.17) is 5.73 Å². The molecule has 0 aliphatic rings. The fraction of sp³-hybridized carbons (Fsp3) is 0.100. The minimum atomic E-state index is -0.179. The zero-order valence-corrected chi connectivity index (χ0v) is 8.19. The van der Waals surface area contributed by atoms with Crippen LogP contribution in [-0.4, -0.2) is 16.3 Å². The number of aromatic nitrogens is 2. The largest absolute Gasteiger partial charge is 0.390 e. The summed E-state index contributed by atoms with van der Waals surface area (Å²) in [6.45, 7) is 1.89. The molecule has 0 unspecified atom stereocenters. The highest BCUT2D eigenvalue weighted by molar-refractivity contribution is 5.78. The molecule has 0 bridgehead atoms. The van der Waals surface area contributed by atoms with E-state index in [0.717, 1.165) is 10.9 Å². The van der Waals surface area contributed by atoms with Crippen molar-refractivity contribution in [1.29, 1.82) is 0 Å². The van der Waals surface area contributed by atoms with Gasteiger partial charge in [0.1, 0.15) is 5.65 Å². The summed E-state index contributed by atoms with van der Waals surface area (Å²) in [7, 11) is 0. The van der Waals surface area contributed by atoms with Crippen LogP contribution in [0.1, 0.15) is 5.56 Å². The molecule has 0 fully saturated rings. The van der Waals surface area contributed by atoms with Crippen molar-refractivity contribution in [2.75, 3.05) is 0 Å². The minimum Gasteiger partial charge on any atom is -0.390 e. The molecule has 0 aliphatic heterocycles. The second-order valence-corrected chi connectivity index (χ2v) is 3.17. The van der Waals surface area contributed by atoms with Crippen molar-refractivity contribution in [2.45, 2.75) is 6.92 Å². The van der Waals surface area contributed by atoms with Gasteiger partial charge in [-0.05, 0) is 24.6 Å². The average Bonchev–Trinajstić information content (AvgIpc) is 2.20. The summed E-state index contributed by atoms with van der Waals surface area (Å²) < 4.78 is 0. The van der Waals surface area contributed by atoms with Crippen molar-refractivity contribution in [3.63, 3.8) is 0 Å². The van der Waals surface area contributed by atoms with Crippen molar-refractivity contribution in [1.82, 2.24) is 9.97 Å². The maximum atomic E-state index is 11.1. The van der Waals surface area contributed by atoms with E-state index in [9.17, 15) is 4.79 Å². The monoisotopic (exact) mass is 202 g/mol. The Labute approximate surface area is 85.7 Å². The number of fused-ring (bicyclic) bond motifs is 1. The molecule has 0 saturated carbocycles. The molecule has 2 heterocycles. The summed E-state index contributed by atoms with van der Waals surface area (Å²) in [5.74, 6) is 0.520. The van der Waals surface area contributed by atoms with Crippen molar-refractivity contribution >= 4 is 23.2 Å². The smallest absolute Gasteiger partial charge is 0.249 e. The molecule has 76 valence electrons. The molecule has 5 nitrogen and oxygen atoms in total. The molecule has 0 atom stereocenters. The summed E-state index contributed by atoms with van der Waals surface area (Å²) >= 11 is 0. The Hall–Kier alpha value is -2.17. The topological polar surface area (TPSA) is 84.1 Å². The van der Waals surface area contributed by atoms with E-state index in [-0.39, 0.29) is 5.56 Å². The molecule has 0 saturated heterocycles. The highest BCUT2D eigenvalue weighted by atomic mass is 16.1. The normalized spacial score (nSPS) is 11.3. The number of aliphatic imine (C=N–C) groups is 1. The number of H-pyrrole nitrogens is 1. The number of nitrogens with two attached hydrogens (primary N) is 1. The van der Waals surface area contributed by atoms with Gasteiger partial charge in [-0.15, -0.1) is 0 Å². The zero-order chi connectivity index (χ0) is 10.8. The van der Waals surface area contributed by atoms with Gasteiger partial charge in [-0.1, -0.05) is 0 Å². The first kappa shape index (κ1) is 9.39. The first-order valence-corrected chi connectivity index (χ1v) is 4.45. The Balaban J connectivity index is 2.77. The molecule has 5 heteroatoms. The van der Waals surface area contributed by atoms with Gasteiger partial charge in [0, 0.05) is 11.5 Å². The number of aromatic amines is 1. The van der Waals surface area contributed by atoms with Crippen molar-refractivity contribution in [2.24, 2.45) is 10.7 Å². The Morgan fingerprint density at radius 2 is 2.33 bits per heavy atom. The Morgan fingerprint density at radius 3 is 3.07 bits per heavy atom. The third kappa shape index (κ3) is 1.71. The summed E-state index contributed by atoms with van der Waals surface area (Å²) in [5.41, 5.74) is 6.46. The average molecular weight is 202 g/mol. The van der Waals surface area contributed by atoms with Gasteiger partial charge >= 0.3 is 0 Å². The number of nitrogens with zero attached hydrogens (tertiary/aromatic N) is 2. The standard InChI is InChI=1S/C10H10N4O/c1-6-4-7-2-3-8(15)13-10(7)14-9(6)12-5-11/h2-5H,1H3,(H3,11,12,13,14,15). The van der Waals surface area contributed by atoms with Crippen LogP contribution in [0.2, 0.25) is 0 Å². The van der Waals surface area contributed by atoms with Crippen LogP contribution in [0.4, 0.5) is 5.82 Å². The van der Waals surface area contributed by atoms with Crippen LogP contribution < -0.4 is 11.3 Å². The molecule has 2 aromatic heterocycles. The van der Waals surface area contributed by atoms with Gasteiger partial charge in [-0.2, -0.15) is 0 Å². The summed E-state index contributed by atoms with van der Waals surface area (Å²) in [4.78, 5) is 21.8. The van der Waals surface area contributed by atoms with Crippen molar-refractivity contribution < 1.29 is 0 Å². The molecule has 0 spiro atoms. The SMILES string of the molecule is Cc1cc2ccc(=O)[nH]c2nc1N=CN. The van der Waals surface area contributed by atoms with Gasteiger partial charge < -0.3 is 10.7 Å². The van der Waals surface area contributed by atoms with Crippen LogP contribution in [-0.2, 0) is 0 Å². The minimum absolute atomic E-state index is 0.179. The van der Waals surface area contributed by atoms with Crippen molar-refractivity contribution in [3.8, 4) is 0 Å². The molecule has 2 rings (SSSR count). The van der Waals surface area contributed by atoms with Crippen LogP contribution in [0.25, 0.3) is 11.0 Å². The molecule has 0 aliphatic carbocycles. The lowest BCUT2D eigenvalue weighted by molar-refractivity contribution is 1.20. The number of pyridine rings is 2. The molecule has 0 radical (unpaired) electrons. The summed E-state index contributed by atoms with van der Waals surface area (Å²) in [6, 6.07) is 5.10. The molecule has 2 aromatic rings. The Bertz CT molecular complexity index is 585. The number of rotatable bonds is 1. The quantitative estimate of drug-likeness (QED) is 0.531. The molecule has 0 aromatic carbocycles. The van der Waals surface area contributed by atoms with Crippen LogP contribution in [0.5, 0.6) is 0 Å². The second-order valence-electron chi connectivity index (χ2n) is 3.17. The lowest BCUT2D eigenvalue weighted by Gasteiger charge is -2.01. The van der Waals surface area contributed by atoms with Crippen LogP contribution in [0.15, 0.2) is 28.0 Å². The number of aryl methyl sites for hydroxylation is 1.